The molecule has 0 N–H and O–H groups in total. The van der Waals surface area contributed by atoms with Crippen LogP contribution in [0, 0.1) is 6.92 Å². The molecule has 0 aliphatic carbocycles. The van der Waals surface area contributed by atoms with Crippen molar-refractivity contribution in [3.8, 4) is 0 Å². The van der Waals surface area contributed by atoms with Gasteiger partial charge in [0.25, 0.3) is 0 Å². The molecule has 0 bridgehead atoms. The van der Waals surface area contributed by atoms with Crippen molar-refractivity contribution in [1.29, 1.82) is 0 Å². The van der Waals surface area contributed by atoms with Gasteiger partial charge in [0.2, 0.25) is 0 Å². The van der Waals surface area contributed by atoms with Crippen molar-refractivity contribution in [2.75, 3.05) is 27.7 Å². The minimum Gasteiger partial charge on any atom is -0.468 e. The molecule has 0 spiro atoms. The number of carbonyl (C=O) groups excluding carboxylic acids is 1. The molecule has 1 unspecified atom stereocenters. The van der Waals surface area contributed by atoms with E-state index >= 15 is 0 Å². The third kappa shape index (κ3) is 3.32. The molecule has 0 saturated heterocycles. The Kier molecular flexibility index (Phi) is 4.29. The Morgan fingerprint density at radius 1 is 1.53 bits per heavy atom. The van der Waals surface area contributed by atoms with Gasteiger partial charge < -0.3 is 9.64 Å². The van der Waals surface area contributed by atoms with Crippen molar-refractivity contribution in [2.45, 2.75) is 12.8 Å². The van der Waals surface area contributed by atoms with Gasteiger partial charge in [-0.2, -0.15) is 0 Å². The highest BCUT2D eigenvalue weighted by molar-refractivity contribution is 7.12. The molecular formula is C11H17NO2S. The van der Waals surface area contributed by atoms with Crippen LogP contribution in [0.2, 0.25) is 0 Å². The molecule has 84 valence electrons. The number of carbonyl (C=O) groups is 1. The first kappa shape index (κ1) is 12.2. The van der Waals surface area contributed by atoms with Crippen molar-refractivity contribution in [2.24, 2.45) is 0 Å². The number of methoxy groups -OCH3 is 1. The number of ether oxygens (including phenoxy) is 1. The molecule has 0 aromatic carbocycles. The van der Waals surface area contributed by atoms with E-state index in [1.165, 1.54) is 12.0 Å². The summed E-state index contributed by atoms with van der Waals surface area (Å²) in [7, 11) is 5.35. The van der Waals surface area contributed by atoms with Gasteiger partial charge in [0.1, 0.15) is 5.92 Å². The highest BCUT2D eigenvalue weighted by Gasteiger charge is 2.23. The van der Waals surface area contributed by atoms with Crippen LogP contribution in [0.1, 0.15) is 15.7 Å². The lowest BCUT2D eigenvalue weighted by Gasteiger charge is -2.17. The van der Waals surface area contributed by atoms with Gasteiger partial charge in [-0.05, 0) is 33.2 Å². The van der Waals surface area contributed by atoms with E-state index in [0.717, 1.165) is 4.88 Å². The minimum absolute atomic E-state index is 0.162. The molecule has 0 aliphatic heterocycles. The van der Waals surface area contributed by atoms with Crippen molar-refractivity contribution in [1.82, 2.24) is 4.90 Å². The largest absolute Gasteiger partial charge is 0.468 e. The summed E-state index contributed by atoms with van der Waals surface area (Å²) in [4.78, 5) is 15.9. The zero-order chi connectivity index (χ0) is 11.4. The fraction of sp³-hybridized carbons (Fsp3) is 0.545. The number of aryl methyl sites for hydroxylation is 1. The number of hydrogen-bond acceptors (Lipinski definition) is 4. The highest BCUT2D eigenvalue weighted by Crippen LogP contribution is 2.25. The monoisotopic (exact) mass is 227 g/mol. The predicted octanol–water partition coefficient (Wildman–Crippen LogP) is 1.87. The fourth-order valence-electron chi connectivity index (χ4n) is 1.43. The van der Waals surface area contributed by atoms with Crippen molar-refractivity contribution < 1.29 is 9.53 Å². The first-order valence-corrected chi connectivity index (χ1v) is 5.65. The fourth-order valence-corrected chi connectivity index (χ4v) is 2.39. The maximum Gasteiger partial charge on any atom is 0.315 e. The summed E-state index contributed by atoms with van der Waals surface area (Å²) in [6.07, 6.45) is 0. The van der Waals surface area contributed by atoms with E-state index in [-0.39, 0.29) is 11.9 Å². The normalized spacial score (nSPS) is 12.9. The molecule has 0 aliphatic rings. The third-order valence-electron chi connectivity index (χ3n) is 2.14. The van der Waals surface area contributed by atoms with E-state index in [0.29, 0.717) is 6.54 Å². The van der Waals surface area contributed by atoms with Crippen LogP contribution in [0.5, 0.6) is 0 Å². The summed E-state index contributed by atoms with van der Waals surface area (Å²) in [5.41, 5.74) is 0. The maximum atomic E-state index is 11.6. The van der Waals surface area contributed by atoms with E-state index < -0.39 is 0 Å². The Hall–Kier alpha value is -0.870. The molecule has 1 heterocycles. The Morgan fingerprint density at radius 3 is 2.60 bits per heavy atom. The lowest BCUT2D eigenvalue weighted by molar-refractivity contribution is -0.142. The molecule has 4 heteroatoms. The molecule has 0 amide bonds. The third-order valence-corrected chi connectivity index (χ3v) is 3.25. The minimum atomic E-state index is -0.163. The average molecular weight is 227 g/mol. The molecule has 1 rings (SSSR count). The number of hydrogen-bond donors (Lipinski definition) is 0. The molecule has 15 heavy (non-hydrogen) atoms. The van der Waals surface area contributed by atoms with Gasteiger partial charge in [-0.15, -0.1) is 11.3 Å². The number of rotatable bonds is 4. The van der Waals surface area contributed by atoms with Gasteiger partial charge >= 0.3 is 5.97 Å². The molecule has 0 radical (unpaired) electrons. The summed E-state index contributed by atoms with van der Waals surface area (Å²) in [6, 6.07) is 4.04. The van der Waals surface area contributed by atoms with E-state index in [1.807, 2.05) is 38.1 Å². The first-order chi connectivity index (χ1) is 7.04. The average Bonchev–Trinajstić information content (AvgIpc) is 2.59. The van der Waals surface area contributed by atoms with Crippen LogP contribution in [0.4, 0.5) is 0 Å². The van der Waals surface area contributed by atoms with Crippen LogP contribution >= 0.6 is 11.3 Å². The SMILES string of the molecule is COC(=O)C(CN(C)C)c1ccc(C)s1. The first-order valence-electron chi connectivity index (χ1n) is 4.83. The number of esters is 1. The lowest BCUT2D eigenvalue weighted by atomic mass is 10.1. The second-order valence-corrected chi connectivity index (χ2v) is 5.11. The van der Waals surface area contributed by atoms with E-state index in [2.05, 4.69) is 0 Å². The van der Waals surface area contributed by atoms with Crippen LogP contribution in [0.3, 0.4) is 0 Å². The summed E-state index contributed by atoms with van der Waals surface area (Å²) >= 11 is 1.65. The van der Waals surface area contributed by atoms with Gasteiger partial charge in [-0.3, -0.25) is 4.79 Å². The Morgan fingerprint density at radius 2 is 2.20 bits per heavy atom. The topological polar surface area (TPSA) is 29.5 Å². The van der Waals surface area contributed by atoms with Gasteiger partial charge in [0.15, 0.2) is 0 Å². The van der Waals surface area contributed by atoms with Crippen LogP contribution in [0.25, 0.3) is 0 Å². The molecule has 1 aromatic rings. The number of nitrogens with zero attached hydrogens (tertiary/aromatic N) is 1. The predicted molar refractivity (Wildman–Crippen MR) is 62.4 cm³/mol. The molecule has 0 fully saturated rings. The molecule has 3 nitrogen and oxygen atoms in total. The highest BCUT2D eigenvalue weighted by atomic mass is 32.1. The number of likely N-dealkylation sites (N-methyl/N-ethyl adjacent to an activating group) is 1. The number of thiophene rings is 1. The van der Waals surface area contributed by atoms with E-state index in [9.17, 15) is 4.79 Å². The quantitative estimate of drug-likeness (QED) is 0.735. The van der Waals surface area contributed by atoms with Gasteiger partial charge in [-0.1, -0.05) is 0 Å². The van der Waals surface area contributed by atoms with Crippen LogP contribution in [-0.4, -0.2) is 38.6 Å². The lowest BCUT2D eigenvalue weighted by Crippen LogP contribution is -2.26. The summed E-state index contributed by atoms with van der Waals surface area (Å²) in [5.74, 6) is -0.325. The Labute approximate surface area is 94.7 Å². The van der Waals surface area contributed by atoms with Crippen molar-refractivity contribution >= 4 is 17.3 Å². The van der Waals surface area contributed by atoms with Gasteiger partial charge in [-0.25, -0.2) is 0 Å². The zero-order valence-electron chi connectivity index (χ0n) is 9.61. The second-order valence-electron chi connectivity index (χ2n) is 3.79. The Bertz CT molecular complexity index is 333. The van der Waals surface area contributed by atoms with E-state index in [1.54, 1.807) is 11.3 Å². The van der Waals surface area contributed by atoms with Crippen molar-refractivity contribution in [3.05, 3.63) is 21.9 Å². The summed E-state index contributed by atoms with van der Waals surface area (Å²) in [6.45, 7) is 2.73. The molecule has 1 aromatic heterocycles. The standard InChI is InChI=1S/C11H17NO2S/c1-8-5-6-10(15-8)9(7-12(2)3)11(13)14-4/h5-6,9H,7H2,1-4H3. The second kappa shape index (κ2) is 5.28. The summed E-state index contributed by atoms with van der Waals surface area (Å²) in [5, 5.41) is 0. The van der Waals surface area contributed by atoms with Gasteiger partial charge in [0, 0.05) is 16.3 Å². The molecule has 1 atom stereocenters. The van der Waals surface area contributed by atoms with E-state index in [4.69, 9.17) is 4.74 Å². The zero-order valence-corrected chi connectivity index (χ0v) is 10.4. The maximum absolute atomic E-state index is 11.6. The molecular weight excluding hydrogens is 210 g/mol. The Balaban J connectivity index is 2.85. The van der Waals surface area contributed by atoms with Crippen LogP contribution in [0.15, 0.2) is 12.1 Å². The molecule has 0 saturated carbocycles. The van der Waals surface area contributed by atoms with Crippen molar-refractivity contribution in [3.63, 3.8) is 0 Å². The van der Waals surface area contributed by atoms with Crippen LogP contribution in [-0.2, 0) is 9.53 Å². The van der Waals surface area contributed by atoms with Crippen LogP contribution < -0.4 is 0 Å². The van der Waals surface area contributed by atoms with Gasteiger partial charge in [0.05, 0.1) is 7.11 Å². The smallest absolute Gasteiger partial charge is 0.315 e. The summed E-state index contributed by atoms with van der Waals surface area (Å²) < 4.78 is 4.82.